The highest BCUT2D eigenvalue weighted by Gasteiger charge is 2.31. The van der Waals surface area contributed by atoms with Crippen molar-refractivity contribution in [3.05, 3.63) is 29.8 Å². The Kier molecular flexibility index (Phi) is 10.3. The molecule has 0 heterocycles. The molecule has 0 unspecified atom stereocenters. The maximum absolute atomic E-state index is 13.7. The number of alkyl halides is 3. The number of esters is 1. The van der Waals surface area contributed by atoms with Crippen LogP contribution < -0.4 is 16.8 Å². The third-order valence-electron chi connectivity index (χ3n) is 3.96. The number of halogens is 3. The fourth-order valence-corrected chi connectivity index (χ4v) is 3.15. The summed E-state index contributed by atoms with van der Waals surface area (Å²) in [5.74, 6) is -1.70. The van der Waals surface area contributed by atoms with Gasteiger partial charge in [-0.05, 0) is 37.1 Å². The van der Waals surface area contributed by atoms with E-state index >= 15 is 0 Å². The molecule has 0 saturated carbocycles. The summed E-state index contributed by atoms with van der Waals surface area (Å²) < 4.78 is 42.3. The van der Waals surface area contributed by atoms with Crippen LogP contribution in [0.25, 0.3) is 0 Å². The average molecular weight is 472 g/mol. The van der Waals surface area contributed by atoms with E-state index in [9.17, 15) is 22.4 Å². The molecule has 12 heteroatoms. The zero-order valence-corrected chi connectivity index (χ0v) is 18.0. The molecule has 0 fully saturated rings. The van der Waals surface area contributed by atoms with Crippen LogP contribution in [-0.2, 0) is 24.2 Å². The van der Waals surface area contributed by atoms with Gasteiger partial charge in [-0.1, -0.05) is 35.3 Å². The molecule has 164 valence electrons. The lowest BCUT2D eigenvalue weighted by molar-refractivity contribution is -0.154. The highest BCUT2D eigenvalue weighted by molar-refractivity contribution is 7.90. The van der Waals surface area contributed by atoms with E-state index in [1.54, 1.807) is 0 Å². The second-order valence-corrected chi connectivity index (χ2v) is 9.42. The molecule has 0 aromatic heterocycles. The lowest BCUT2D eigenvalue weighted by Gasteiger charge is -2.27. The van der Waals surface area contributed by atoms with Gasteiger partial charge in [0.05, 0.1) is 10.9 Å². The average Bonchev–Trinajstić information content (AvgIpc) is 2.67. The number of amides is 1. The molecule has 0 aliphatic rings. The number of rotatable bonds is 11. The summed E-state index contributed by atoms with van der Waals surface area (Å²) >= 11 is 11.0. The van der Waals surface area contributed by atoms with Gasteiger partial charge in [-0.15, -0.1) is 0 Å². The monoisotopic (exact) mass is 471 g/mol. The number of ether oxygens (including phenoxy) is 1. The summed E-state index contributed by atoms with van der Waals surface area (Å²) in [5, 5.41) is 2.26. The molecule has 0 aliphatic heterocycles. The number of hydrogen-bond acceptors (Lipinski definition) is 7. The van der Waals surface area contributed by atoms with Crippen molar-refractivity contribution < 1.29 is 27.1 Å². The van der Waals surface area contributed by atoms with Crippen molar-refractivity contribution in [2.75, 3.05) is 19.5 Å². The molecule has 1 aromatic rings. The Labute approximate surface area is 179 Å². The molecule has 29 heavy (non-hydrogen) atoms. The summed E-state index contributed by atoms with van der Waals surface area (Å²) in [6.45, 7) is -0.788. The Balaban J connectivity index is 3.19. The molecule has 0 spiro atoms. The van der Waals surface area contributed by atoms with E-state index in [2.05, 4.69) is 5.32 Å². The van der Waals surface area contributed by atoms with Crippen molar-refractivity contribution >= 4 is 44.9 Å². The van der Waals surface area contributed by atoms with Gasteiger partial charge in [-0.3, -0.25) is 9.59 Å². The van der Waals surface area contributed by atoms with Crippen LogP contribution in [0.5, 0.6) is 0 Å². The minimum atomic E-state index is -3.47. The topological polar surface area (TPSA) is 142 Å². The number of sulfone groups is 1. The number of nitrogens with one attached hydrogen (secondary N) is 1. The van der Waals surface area contributed by atoms with E-state index in [-0.39, 0.29) is 16.9 Å². The van der Waals surface area contributed by atoms with Crippen LogP contribution in [0.15, 0.2) is 29.2 Å². The quantitative estimate of drug-likeness (QED) is 0.322. The van der Waals surface area contributed by atoms with E-state index < -0.39 is 51.4 Å². The highest BCUT2D eigenvalue weighted by atomic mass is 35.5. The van der Waals surface area contributed by atoms with Crippen LogP contribution >= 0.6 is 23.2 Å². The summed E-state index contributed by atoms with van der Waals surface area (Å²) in [4.78, 5) is 22.7. The van der Waals surface area contributed by atoms with E-state index in [1.807, 2.05) is 0 Å². The van der Waals surface area contributed by atoms with Crippen LogP contribution in [0.1, 0.15) is 24.5 Å². The van der Waals surface area contributed by atoms with Crippen LogP contribution in [0.2, 0.25) is 0 Å². The fraction of sp³-hybridized carbons (Fsp3) is 0.529. The Morgan fingerprint density at radius 2 is 1.83 bits per heavy atom. The predicted molar refractivity (Wildman–Crippen MR) is 108 cm³/mol. The Bertz CT molecular complexity index is 793. The van der Waals surface area contributed by atoms with Crippen molar-refractivity contribution in [2.24, 2.45) is 11.5 Å². The van der Waals surface area contributed by atoms with Crippen LogP contribution in [-0.4, -0.2) is 56.7 Å². The van der Waals surface area contributed by atoms with Gasteiger partial charge in [0.1, 0.15) is 18.8 Å². The van der Waals surface area contributed by atoms with Crippen LogP contribution in [0.4, 0.5) is 4.39 Å². The van der Waals surface area contributed by atoms with Gasteiger partial charge in [0, 0.05) is 6.26 Å². The maximum atomic E-state index is 13.7. The number of carbonyl (C=O) groups excluding carboxylic acids is 2. The van der Waals surface area contributed by atoms with Crippen molar-refractivity contribution in [3.63, 3.8) is 0 Å². The fourth-order valence-electron chi connectivity index (χ4n) is 2.40. The summed E-state index contributed by atoms with van der Waals surface area (Å²) in [5.41, 5.74) is 11.4. The second-order valence-electron chi connectivity index (χ2n) is 6.31. The Morgan fingerprint density at radius 3 is 2.28 bits per heavy atom. The van der Waals surface area contributed by atoms with Crippen molar-refractivity contribution in [1.29, 1.82) is 0 Å². The molecule has 0 radical (unpaired) electrons. The van der Waals surface area contributed by atoms with Crippen LogP contribution in [0, 0.1) is 0 Å². The third-order valence-corrected chi connectivity index (χ3v) is 5.48. The molecular formula is C17H24Cl2FN3O5S. The third kappa shape index (κ3) is 8.06. The zero-order chi connectivity index (χ0) is 22.2. The summed E-state index contributed by atoms with van der Waals surface area (Å²) in [7, 11) is -3.47. The number of benzene rings is 1. The van der Waals surface area contributed by atoms with Crippen molar-refractivity contribution in [2.45, 2.75) is 40.8 Å². The molecule has 8 nitrogen and oxygen atoms in total. The van der Waals surface area contributed by atoms with Gasteiger partial charge < -0.3 is 21.5 Å². The molecule has 3 atom stereocenters. The molecule has 1 aromatic carbocycles. The first-order valence-electron chi connectivity index (χ1n) is 8.61. The normalized spacial score (nSPS) is 14.9. The molecular weight excluding hydrogens is 448 g/mol. The van der Waals surface area contributed by atoms with Gasteiger partial charge in [-0.2, -0.15) is 0 Å². The van der Waals surface area contributed by atoms with Gasteiger partial charge in [0.25, 0.3) is 5.91 Å². The van der Waals surface area contributed by atoms with Crippen molar-refractivity contribution in [1.82, 2.24) is 5.32 Å². The number of carbonyl (C=O) groups is 2. The lowest BCUT2D eigenvalue weighted by atomic mass is 10.0. The van der Waals surface area contributed by atoms with E-state index in [1.165, 1.54) is 24.3 Å². The summed E-state index contributed by atoms with van der Waals surface area (Å²) in [6, 6.07) is 2.95. The van der Waals surface area contributed by atoms with Crippen molar-refractivity contribution in [3.8, 4) is 0 Å². The molecule has 0 saturated heterocycles. The van der Waals surface area contributed by atoms with Gasteiger partial charge in [0.15, 0.2) is 14.7 Å². The summed E-state index contributed by atoms with van der Waals surface area (Å²) in [6.07, 6.45) is 0.475. The molecule has 1 amide bonds. The van der Waals surface area contributed by atoms with E-state index in [4.69, 9.17) is 39.4 Å². The standard InChI is InChI=1S/C17H24Cl2FN3O5S/c1-29(26,27)11-6-4-10(5-7-11)14(13(9-20)23-16(24)15(18)19)28-17(25)12(22)3-2-8-21/h4-7,12-15H,2-3,8-9,21-22H2,1H3,(H,23,24)/t12-,13-,14-/m1/s1. The minimum absolute atomic E-state index is 0.0217. The smallest absolute Gasteiger partial charge is 0.323 e. The largest absolute Gasteiger partial charge is 0.454 e. The van der Waals surface area contributed by atoms with E-state index in [0.29, 0.717) is 13.0 Å². The Hall–Kier alpha value is -1.46. The molecule has 5 N–H and O–H groups in total. The van der Waals surface area contributed by atoms with Gasteiger partial charge in [-0.25, -0.2) is 12.8 Å². The highest BCUT2D eigenvalue weighted by Crippen LogP contribution is 2.25. The lowest BCUT2D eigenvalue weighted by Crippen LogP contribution is -2.46. The molecule has 0 bridgehead atoms. The number of nitrogens with two attached hydrogens (primary N) is 2. The SMILES string of the molecule is CS(=O)(=O)c1ccc([C@@H](OC(=O)[C@H](N)CCCN)[C@@H](CF)NC(=O)C(Cl)Cl)cc1. The first-order valence-corrected chi connectivity index (χ1v) is 11.4. The zero-order valence-electron chi connectivity index (χ0n) is 15.7. The minimum Gasteiger partial charge on any atom is -0.454 e. The Morgan fingerprint density at radius 1 is 1.24 bits per heavy atom. The molecule has 0 aliphatic carbocycles. The molecule has 1 rings (SSSR count). The second kappa shape index (κ2) is 11.7. The first kappa shape index (κ1) is 25.6. The number of hydrogen-bond donors (Lipinski definition) is 3. The van der Waals surface area contributed by atoms with Gasteiger partial charge >= 0.3 is 5.97 Å². The van der Waals surface area contributed by atoms with E-state index in [0.717, 1.165) is 6.26 Å². The first-order chi connectivity index (χ1) is 13.5. The maximum Gasteiger partial charge on any atom is 0.323 e. The predicted octanol–water partition coefficient (Wildman–Crippen LogP) is 0.999. The van der Waals surface area contributed by atoms with Gasteiger partial charge in [0.2, 0.25) is 0 Å². The van der Waals surface area contributed by atoms with Crippen LogP contribution in [0.3, 0.4) is 0 Å².